The molecule has 0 saturated heterocycles. The van der Waals surface area contributed by atoms with Crippen LogP contribution in [0.5, 0.6) is 0 Å². The predicted molar refractivity (Wildman–Crippen MR) is 110 cm³/mol. The number of sulfonamides is 1. The van der Waals surface area contributed by atoms with Gasteiger partial charge in [0.1, 0.15) is 5.69 Å². The van der Waals surface area contributed by atoms with Gasteiger partial charge in [-0.15, -0.1) is 0 Å². The van der Waals surface area contributed by atoms with E-state index in [0.717, 1.165) is 14.3 Å². The highest BCUT2D eigenvalue weighted by Crippen LogP contribution is 2.21. The first-order chi connectivity index (χ1) is 13.3. The number of nitrogens with one attached hydrogen (secondary N) is 2. The number of carbonyl (C=O) groups is 1. The van der Waals surface area contributed by atoms with Crippen molar-refractivity contribution in [3.05, 3.63) is 70.3 Å². The minimum atomic E-state index is -3.60. The molecule has 3 rings (SSSR count). The Labute approximate surface area is 172 Å². The molecule has 2 aromatic carbocycles. The number of amides is 1. The summed E-state index contributed by atoms with van der Waals surface area (Å²) in [6.45, 7) is 0.0781. The summed E-state index contributed by atoms with van der Waals surface area (Å²) in [5.41, 5.74) is 2.33. The molecule has 146 valence electrons. The lowest BCUT2D eigenvalue weighted by molar-refractivity contribution is 0.0945. The van der Waals surface area contributed by atoms with Crippen molar-refractivity contribution in [2.45, 2.75) is 11.4 Å². The first-order valence-corrected chi connectivity index (χ1v) is 10.6. The number of hydrogen-bond donors (Lipinski definition) is 2. The molecule has 0 unspecified atom stereocenters. The largest absolute Gasteiger partial charge is 0.347 e. The Morgan fingerprint density at radius 2 is 1.82 bits per heavy atom. The van der Waals surface area contributed by atoms with Crippen LogP contribution in [0, 0.1) is 0 Å². The van der Waals surface area contributed by atoms with Gasteiger partial charge >= 0.3 is 0 Å². The fourth-order valence-electron chi connectivity index (χ4n) is 2.58. The number of H-pyrrole nitrogens is 1. The van der Waals surface area contributed by atoms with E-state index in [1.54, 1.807) is 24.3 Å². The van der Waals surface area contributed by atoms with Crippen LogP contribution < -0.4 is 5.32 Å². The van der Waals surface area contributed by atoms with Crippen LogP contribution in [0.4, 0.5) is 0 Å². The topological polar surface area (TPSA) is 95.2 Å². The number of halogens is 1. The summed E-state index contributed by atoms with van der Waals surface area (Å²) in [4.78, 5) is 12.6. The summed E-state index contributed by atoms with van der Waals surface area (Å²) in [5, 5.41) is 9.63. The van der Waals surface area contributed by atoms with E-state index in [4.69, 9.17) is 0 Å². The van der Waals surface area contributed by atoms with Crippen molar-refractivity contribution in [1.82, 2.24) is 19.8 Å². The van der Waals surface area contributed by atoms with E-state index in [2.05, 4.69) is 31.4 Å². The Hall–Kier alpha value is -2.49. The highest BCUT2D eigenvalue weighted by atomic mass is 79.9. The van der Waals surface area contributed by atoms with E-state index in [1.165, 1.54) is 20.2 Å². The van der Waals surface area contributed by atoms with Crippen molar-refractivity contribution in [3.63, 3.8) is 0 Å². The molecule has 1 amide bonds. The first-order valence-electron chi connectivity index (χ1n) is 8.39. The van der Waals surface area contributed by atoms with Crippen LogP contribution in [0.1, 0.15) is 16.1 Å². The zero-order valence-corrected chi connectivity index (χ0v) is 17.7. The maximum absolute atomic E-state index is 12.5. The number of nitrogens with zero attached hydrogens (tertiary/aromatic N) is 2. The number of hydrogen-bond acceptors (Lipinski definition) is 4. The molecule has 9 heteroatoms. The molecule has 0 fully saturated rings. The molecular weight excluding hydrogens is 444 g/mol. The van der Waals surface area contributed by atoms with Gasteiger partial charge in [-0.2, -0.15) is 5.10 Å². The minimum Gasteiger partial charge on any atom is -0.347 e. The lowest BCUT2D eigenvalue weighted by Crippen LogP contribution is -2.27. The van der Waals surface area contributed by atoms with Gasteiger partial charge in [0, 0.05) is 30.7 Å². The van der Waals surface area contributed by atoms with Gasteiger partial charge in [0.25, 0.3) is 5.91 Å². The Morgan fingerprint density at radius 1 is 1.14 bits per heavy atom. The Kier molecular flexibility index (Phi) is 5.97. The SMILES string of the molecule is CN(C)S(=O)(=O)c1ccccc1CNC(=O)c1cc(-c2ccc(Br)cc2)n[nH]1. The Balaban J connectivity index is 1.75. The number of aromatic amines is 1. The van der Waals surface area contributed by atoms with E-state index in [-0.39, 0.29) is 17.3 Å². The van der Waals surface area contributed by atoms with Crippen LogP contribution in [-0.4, -0.2) is 42.9 Å². The zero-order chi connectivity index (χ0) is 20.3. The van der Waals surface area contributed by atoms with Crippen molar-refractivity contribution in [2.75, 3.05) is 14.1 Å². The molecular formula is C19H19BrN4O3S. The second kappa shape index (κ2) is 8.26. The lowest BCUT2D eigenvalue weighted by atomic mass is 10.1. The third kappa shape index (κ3) is 4.32. The summed E-state index contributed by atoms with van der Waals surface area (Å²) in [5.74, 6) is -0.368. The predicted octanol–water partition coefficient (Wildman–Crippen LogP) is 3.02. The van der Waals surface area contributed by atoms with Gasteiger partial charge in [-0.05, 0) is 29.8 Å². The number of rotatable bonds is 6. The van der Waals surface area contributed by atoms with Crippen LogP contribution >= 0.6 is 15.9 Å². The molecule has 0 aliphatic carbocycles. The van der Waals surface area contributed by atoms with Crippen molar-refractivity contribution in [2.24, 2.45) is 0 Å². The van der Waals surface area contributed by atoms with Gasteiger partial charge in [-0.1, -0.05) is 46.3 Å². The van der Waals surface area contributed by atoms with E-state index < -0.39 is 10.0 Å². The van der Waals surface area contributed by atoms with Gasteiger partial charge in [0.05, 0.1) is 10.6 Å². The maximum atomic E-state index is 12.5. The molecule has 0 aliphatic heterocycles. The lowest BCUT2D eigenvalue weighted by Gasteiger charge is -2.15. The molecule has 28 heavy (non-hydrogen) atoms. The Bertz CT molecular complexity index is 1090. The molecule has 0 spiro atoms. The van der Waals surface area contributed by atoms with E-state index in [9.17, 15) is 13.2 Å². The van der Waals surface area contributed by atoms with Gasteiger partial charge < -0.3 is 5.32 Å². The summed E-state index contributed by atoms with van der Waals surface area (Å²) in [6, 6.07) is 15.8. The van der Waals surface area contributed by atoms with E-state index in [1.807, 2.05) is 24.3 Å². The van der Waals surface area contributed by atoms with Crippen LogP contribution in [0.15, 0.2) is 64.0 Å². The molecule has 0 radical (unpaired) electrons. The second-order valence-corrected chi connectivity index (χ2v) is 9.29. The molecule has 0 aliphatic rings. The Morgan fingerprint density at radius 3 is 2.50 bits per heavy atom. The molecule has 0 atom stereocenters. The van der Waals surface area contributed by atoms with E-state index in [0.29, 0.717) is 17.0 Å². The van der Waals surface area contributed by atoms with Crippen LogP contribution in [0.25, 0.3) is 11.3 Å². The normalized spacial score (nSPS) is 11.6. The molecule has 3 aromatic rings. The molecule has 2 N–H and O–H groups in total. The maximum Gasteiger partial charge on any atom is 0.269 e. The fourth-order valence-corrected chi connectivity index (χ4v) is 3.96. The van der Waals surface area contributed by atoms with E-state index >= 15 is 0 Å². The molecule has 0 saturated carbocycles. The average molecular weight is 463 g/mol. The monoisotopic (exact) mass is 462 g/mol. The summed E-state index contributed by atoms with van der Waals surface area (Å²) in [7, 11) is -0.655. The van der Waals surface area contributed by atoms with Gasteiger partial charge in [-0.25, -0.2) is 12.7 Å². The highest BCUT2D eigenvalue weighted by Gasteiger charge is 2.21. The molecule has 7 nitrogen and oxygen atoms in total. The van der Waals surface area contributed by atoms with Crippen LogP contribution in [0.3, 0.4) is 0 Å². The van der Waals surface area contributed by atoms with Gasteiger partial charge in [-0.3, -0.25) is 9.89 Å². The fraction of sp³-hybridized carbons (Fsp3) is 0.158. The van der Waals surface area contributed by atoms with Gasteiger partial charge in [0.2, 0.25) is 10.0 Å². The third-order valence-electron chi connectivity index (χ3n) is 4.13. The quantitative estimate of drug-likeness (QED) is 0.588. The number of carbonyl (C=O) groups excluding carboxylic acids is 1. The summed E-state index contributed by atoms with van der Waals surface area (Å²) < 4.78 is 27.0. The van der Waals surface area contributed by atoms with Crippen LogP contribution in [-0.2, 0) is 16.6 Å². The number of benzene rings is 2. The summed E-state index contributed by atoms with van der Waals surface area (Å²) in [6.07, 6.45) is 0. The van der Waals surface area contributed by atoms with Crippen molar-refractivity contribution < 1.29 is 13.2 Å². The van der Waals surface area contributed by atoms with Crippen molar-refractivity contribution >= 4 is 31.9 Å². The molecule has 1 heterocycles. The zero-order valence-electron chi connectivity index (χ0n) is 15.3. The molecule has 0 bridgehead atoms. The van der Waals surface area contributed by atoms with Crippen molar-refractivity contribution in [1.29, 1.82) is 0 Å². The average Bonchev–Trinajstić information content (AvgIpc) is 3.17. The first kappa shape index (κ1) is 20.2. The standard InChI is InChI=1S/C19H19BrN4O3S/c1-24(2)28(26,27)18-6-4-3-5-14(18)12-21-19(25)17-11-16(22-23-17)13-7-9-15(20)10-8-13/h3-11H,12H2,1-2H3,(H,21,25)(H,22,23). The third-order valence-corrected chi connectivity index (χ3v) is 6.58. The van der Waals surface area contributed by atoms with Crippen LogP contribution in [0.2, 0.25) is 0 Å². The highest BCUT2D eigenvalue weighted by molar-refractivity contribution is 9.10. The van der Waals surface area contributed by atoms with Crippen molar-refractivity contribution in [3.8, 4) is 11.3 Å². The number of aromatic nitrogens is 2. The molecule has 1 aromatic heterocycles. The smallest absolute Gasteiger partial charge is 0.269 e. The summed E-state index contributed by atoms with van der Waals surface area (Å²) >= 11 is 3.38. The second-order valence-electron chi connectivity index (χ2n) is 6.25. The minimum absolute atomic E-state index is 0.0781. The van der Waals surface area contributed by atoms with Gasteiger partial charge in [0.15, 0.2) is 0 Å².